The van der Waals surface area contributed by atoms with Crippen LogP contribution in [0.2, 0.25) is 0 Å². The molecule has 2 N–H and O–H groups in total. The second-order valence-corrected chi connectivity index (χ2v) is 5.44. The summed E-state index contributed by atoms with van der Waals surface area (Å²) < 4.78 is 2.51. The number of nitrogens with two attached hydrogens (primary N) is 1. The van der Waals surface area contributed by atoms with Crippen LogP contribution in [0, 0.1) is 0 Å². The molecular weight excluding hydrogens is 322 g/mol. The third-order valence-electron chi connectivity index (χ3n) is 3.34. The standard InChI is InChI=1S/C13H18BrN5O/c1-4-18(5-2)12(20)8(3)19-11-10(17-13(19)15)6-9(14)7-16-11/h6-8H,4-5H2,1-3H3,(H2,15,17). The molecule has 0 bridgehead atoms. The molecule has 2 heterocycles. The first kappa shape index (κ1) is 14.8. The Hall–Kier alpha value is -1.63. The Morgan fingerprint density at radius 1 is 1.50 bits per heavy atom. The van der Waals surface area contributed by atoms with Crippen LogP contribution < -0.4 is 5.73 Å². The normalized spacial score (nSPS) is 12.6. The van der Waals surface area contributed by atoms with Crippen molar-refractivity contribution in [2.45, 2.75) is 26.8 Å². The number of carbonyl (C=O) groups is 1. The predicted octanol–water partition coefficient (Wildman–Crippen LogP) is 2.21. The highest BCUT2D eigenvalue weighted by Crippen LogP contribution is 2.24. The molecule has 1 amide bonds. The van der Waals surface area contributed by atoms with Crippen LogP contribution in [0.15, 0.2) is 16.7 Å². The fraction of sp³-hybridized carbons (Fsp3) is 0.462. The molecule has 0 aromatic carbocycles. The van der Waals surface area contributed by atoms with Crippen LogP contribution in [0.25, 0.3) is 11.2 Å². The van der Waals surface area contributed by atoms with E-state index in [0.717, 1.165) is 4.47 Å². The number of nitrogen functional groups attached to an aromatic ring is 1. The van der Waals surface area contributed by atoms with E-state index in [4.69, 9.17) is 5.73 Å². The topological polar surface area (TPSA) is 77.0 Å². The molecule has 0 spiro atoms. The Morgan fingerprint density at radius 3 is 2.75 bits per heavy atom. The van der Waals surface area contributed by atoms with Crippen LogP contribution in [0.3, 0.4) is 0 Å². The highest BCUT2D eigenvalue weighted by atomic mass is 79.9. The van der Waals surface area contributed by atoms with Crippen molar-refractivity contribution in [2.24, 2.45) is 0 Å². The molecular formula is C13H18BrN5O. The van der Waals surface area contributed by atoms with E-state index in [1.165, 1.54) is 0 Å². The van der Waals surface area contributed by atoms with E-state index in [9.17, 15) is 4.79 Å². The van der Waals surface area contributed by atoms with Crippen molar-refractivity contribution in [3.05, 3.63) is 16.7 Å². The first-order valence-electron chi connectivity index (χ1n) is 6.57. The lowest BCUT2D eigenvalue weighted by Crippen LogP contribution is -2.36. The Bertz CT molecular complexity index is 635. The second kappa shape index (κ2) is 5.78. The van der Waals surface area contributed by atoms with E-state index >= 15 is 0 Å². The smallest absolute Gasteiger partial charge is 0.245 e. The van der Waals surface area contributed by atoms with Gasteiger partial charge in [-0.25, -0.2) is 9.97 Å². The van der Waals surface area contributed by atoms with Crippen molar-refractivity contribution >= 4 is 38.9 Å². The Morgan fingerprint density at radius 2 is 2.15 bits per heavy atom. The summed E-state index contributed by atoms with van der Waals surface area (Å²) in [4.78, 5) is 22.8. The Kier molecular flexibility index (Phi) is 4.27. The van der Waals surface area contributed by atoms with Crippen molar-refractivity contribution in [1.29, 1.82) is 0 Å². The maximum absolute atomic E-state index is 12.5. The summed E-state index contributed by atoms with van der Waals surface area (Å²) in [5, 5.41) is 0. The molecule has 0 aliphatic carbocycles. The van der Waals surface area contributed by atoms with E-state index in [1.807, 2.05) is 26.8 Å². The van der Waals surface area contributed by atoms with Crippen LogP contribution in [0.1, 0.15) is 26.8 Å². The number of aromatic nitrogens is 3. The molecule has 1 unspecified atom stereocenters. The van der Waals surface area contributed by atoms with Crippen LogP contribution in [0.4, 0.5) is 5.95 Å². The Balaban J connectivity index is 2.46. The zero-order valence-corrected chi connectivity index (χ0v) is 13.4. The average molecular weight is 340 g/mol. The van der Waals surface area contributed by atoms with Gasteiger partial charge in [-0.05, 0) is 42.8 Å². The summed E-state index contributed by atoms with van der Waals surface area (Å²) in [5.74, 6) is 0.323. The first-order chi connectivity index (χ1) is 9.49. The summed E-state index contributed by atoms with van der Waals surface area (Å²) in [6.07, 6.45) is 1.68. The number of halogens is 1. The predicted molar refractivity (Wildman–Crippen MR) is 82.3 cm³/mol. The number of hydrogen-bond donors (Lipinski definition) is 1. The summed E-state index contributed by atoms with van der Waals surface area (Å²) >= 11 is 3.35. The SMILES string of the molecule is CCN(CC)C(=O)C(C)n1c(N)nc2cc(Br)cnc21. The molecule has 1 atom stereocenters. The van der Waals surface area contributed by atoms with Crippen molar-refractivity contribution in [2.75, 3.05) is 18.8 Å². The molecule has 0 radical (unpaired) electrons. The molecule has 0 fully saturated rings. The minimum Gasteiger partial charge on any atom is -0.369 e. The number of hydrogen-bond acceptors (Lipinski definition) is 4. The van der Waals surface area contributed by atoms with Gasteiger partial charge in [-0.15, -0.1) is 0 Å². The van der Waals surface area contributed by atoms with Crippen molar-refractivity contribution in [1.82, 2.24) is 19.4 Å². The second-order valence-electron chi connectivity index (χ2n) is 4.52. The molecule has 108 valence electrons. The van der Waals surface area contributed by atoms with E-state index in [-0.39, 0.29) is 5.91 Å². The lowest BCUT2D eigenvalue weighted by Gasteiger charge is -2.24. The van der Waals surface area contributed by atoms with Gasteiger partial charge in [0.15, 0.2) is 5.65 Å². The lowest BCUT2D eigenvalue weighted by molar-refractivity contribution is -0.133. The van der Waals surface area contributed by atoms with Gasteiger partial charge in [0.2, 0.25) is 11.9 Å². The van der Waals surface area contributed by atoms with Gasteiger partial charge in [-0.1, -0.05) is 0 Å². The summed E-state index contributed by atoms with van der Waals surface area (Å²) in [6, 6.07) is 1.41. The molecule has 2 aromatic heterocycles. The third-order valence-corrected chi connectivity index (χ3v) is 3.78. The van der Waals surface area contributed by atoms with Gasteiger partial charge >= 0.3 is 0 Å². The number of amides is 1. The highest BCUT2D eigenvalue weighted by Gasteiger charge is 2.24. The maximum atomic E-state index is 12.5. The van der Waals surface area contributed by atoms with Crippen LogP contribution in [-0.2, 0) is 4.79 Å². The molecule has 0 saturated heterocycles. The van der Waals surface area contributed by atoms with Gasteiger partial charge < -0.3 is 10.6 Å². The van der Waals surface area contributed by atoms with Gasteiger partial charge in [0, 0.05) is 23.8 Å². The number of rotatable bonds is 4. The average Bonchev–Trinajstić information content (AvgIpc) is 2.74. The number of pyridine rings is 1. The van der Waals surface area contributed by atoms with E-state index < -0.39 is 6.04 Å². The highest BCUT2D eigenvalue weighted by molar-refractivity contribution is 9.10. The number of anilines is 1. The zero-order chi connectivity index (χ0) is 14.9. The molecule has 0 saturated carbocycles. The van der Waals surface area contributed by atoms with Crippen LogP contribution >= 0.6 is 15.9 Å². The minimum absolute atomic E-state index is 0.0192. The minimum atomic E-state index is -0.423. The molecule has 2 aromatic rings. The largest absolute Gasteiger partial charge is 0.369 e. The number of imidazole rings is 1. The van der Waals surface area contributed by atoms with Crippen LogP contribution in [-0.4, -0.2) is 38.4 Å². The first-order valence-corrected chi connectivity index (χ1v) is 7.36. The summed E-state index contributed by atoms with van der Waals surface area (Å²) in [7, 11) is 0. The number of likely N-dealkylation sites (N-methyl/N-ethyl adjacent to an activating group) is 1. The van der Waals surface area contributed by atoms with E-state index in [1.54, 1.807) is 15.7 Å². The van der Waals surface area contributed by atoms with Crippen molar-refractivity contribution in [3.8, 4) is 0 Å². The molecule has 0 aliphatic heterocycles. The molecule has 7 heteroatoms. The van der Waals surface area contributed by atoms with Gasteiger partial charge in [0.1, 0.15) is 11.6 Å². The van der Waals surface area contributed by atoms with Crippen molar-refractivity contribution < 1.29 is 4.79 Å². The quantitative estimate of drug-likeness (QED) is 0.926. The van der Waals surface area contributed by atoms with Crippen LogP contribution in [0.5, 0.6) is 0 Å². The monoisotopic (exact) mass is 339 g/mol. The van der Waals surface area contributed by atoms with E-state index in [0.29, 0.717) is 30.2 Å². The number of carbonyl (C=O) groups excluding carboxylic acids is 1. The number of nitrogens with zero attached hydrogens (tertiary/aromatic N) is 4. The number of fused-ring (bicyclic) bond motifs is 1. The lowest BCUT2D eigenvalue weighted by atomic mass is 10.2. The van der Waals surface area contributed by atoms with Crippen molar-refractivity contribution in [3.63, 3.8) is 0 Å². The molecule has 6 nitrogen and oxygen atoms in total. The van der Waals surface area contributed by atoms with Gasteiger partial charge in [0.25, 0.3) is 0 Å². The third kappa shape index (κ3) is 2.49. The van der Waals surface area contributed by atoms with E-state index in [2.05, 4.69) is 25.9 Å². The van der Waals surface area contributed by atoms with Gasteiger partial charge in [-0.2, -0.15) is 0 Å². The zero-order valence-electron chi connectivity index (χ0n) is 11.8. The maximum Gasteiger partial charge on any atom is 0.245 e. The Labute approximate surface area is 126 Å². The van der Waals surface area contributed by atoms with Gasteiger partial charge in [0.05, 0.1) is 0 Å². The molecule has 2 rings (SSSR count). The molecule has 20 heavy (non-hydrogen) atoms. The summed E-state index contributed by atoms with van der Waals surface area (Å²) in [5.41, 5.74) is 7.25. The van der Waals surface area contributed by atoms with Gasteiger partial charge in [-0.3, -0.25) is 9.36 Å². The fourth-order valence-corrected chi connectivity index (χ4v) is 2.59. The molecule has 0 aliphatic rings. The summed E-state index contributed by atoms with van der Waals surface area (Å²) in [6.45, 7) is 7.08. The fourth-order valence-electron chi connectivity index (χ4n) is 2.27.